The maximum absolute atomic E-state index is 11.4. The van der Waals surface area contributed by atoms with Gasteiger partial charge in [0.05, 0.1) is 7.11 Å². The Bertz CT molecular complexity index is 283. The van der Waals surface area contributed by atoms with Crippen LogP contribution in [0.1, 0.15) is 0 Å². The van der Waals surface area contributed by atoms with E-state index in [1.807, 2.05) is 0 Å². The number of hydrogen-bond donors (Lipinski definition) is 0. The second-order valence-corrected chi connectivity index (χ2v) is 2.50. The fourth-order valence-corrected chi connectivity index (χ4v) is 0.914. The van der Waals surface area contributed by atoms with Crippen molar-refractivity contribution in [2.45, 2.75) is 0 Å². The molecule has 5 nitrogen and oxygen atoms in total. The van der Waals surface area contributed by atoms with Gasteiger partial charge in [0.25, 0.3) is 11.8 Å². The van der Waals surface area contributed by atoms with Crippen LogP contribution >= 0.6 is 0 Å². The molecule has 2 amide bonds. The maximum atomic E-state index is 11.4. The number of hydrogen-bond acceptors (Lipinski definition) is 3. The van der Waals surface area contributed by atoms with Crippen molar-refractivity contribution in [2.24, 2.45) is 10.9 Å². The standard InChI is InChI=1S/C8H10N2O3/c1-10(13-2)8(12)6-4-3-5-9-7(6)11/h3-6H,1-2H3. The van der Waals surface area contributed by atoms with Crippen molar-refractivity contribution in [3.63, 3.8) is 0 Å². The fraction of sp³-hybridized carbons (Fsp3) is 0.375. The van der Waals surface area contributed by atoms with Gasteiger partial charge in [-0.15, -0.1) is 0 Å². The van der Waals surface area contributed by atoms with Crippen molar-refractivity contribution in [2.75, 3.05) is 14.2 Å². The molecule has 0 saturated carbocycles. The molecule has 0 radical (unpaired) electrons. The number of hydroxylamine groups is 2. The second kappa shape index (κ2) is 3.95. The van der Waals surface area contributed by atoms with Crippen LogP contribution in [-0.2, 0) is 14.4 Å². The lowest BCUT2D eigenvalue weighted by atomic mass is 10.1. The smallest absolute Gasteiger partial charge is 0.262 e. The Morgan fingerprint density at radius 3 is 2.92 bits per heavy atom. The molecule has 13 heavy (non-hydrogen) atoms. The van der Waals surface area contributed by atoms with Crippen LogP contribution in [0.15, 0.2) is 17.1 Å². The lowest BCUT2D eigenvalue weighted by Gasteiger charge is -2.17. The van der Waals surface area contributed by atoms with Crippen LogP contribution < -0.4 is 0 Å². The Labute approximate surface area is 75.6 Å². The third-order valence-electron chi connectivity index (χ3n) is 1.71. The topological polar surface area (TPSA) is 59.0 Å². The number of carbonyl (C=O) groups excluding carboxylic acids is 2. The van der Waals surface area contributed by atoms with Crippen LogP contribution in [0.4, 0.5) is 0 Å². The van der Waals surface area contributed by atoms with Crippen LogP contribution in [0.25, 0.3) is 0 Å². The second-order valence-electron chi connectivity index (χ2n) is 2.50. The molecule has 1 aliphatic heterocycles. The van der Waals surface area contributed by atoms with Gasteiger partial charge in [-0.1, -0.05) is 6.08 Å². The summed E-state index contributed by atoms with van der Waals surface area (Å²) in [7, 11) is 2.81. The van der Waals surface area contributed by atoms with Crippen molar-refractivity contribution in [3.05, 3.63) is 12.2 Å². The number of carbonyl (C=O) groups is 2. The summed E-state index contributed by atoms with van der Waals surface area (Å²) >= 11 is 0. The molecule has 70 valence electrons. The number of nitrogens with zero attached hydrogens (tertiary/aromatic N) is 2. The van der Waals surface area contributed by atoms with Gasteiger partial charge in [0.1, 0.15) is 5.92 Å². The van der Waals surface area contributed by atoms with Gasteiger partial charge in [-0.25, -0.2) is 10.1 Å². The molecule has 0 fully saturated rings. The summed E-state index contributed by atoms with van der Waals surface area (Å²) in [6, 6.07) is 0. The Hall–Kier alpha value is -1.49. The minimum Gasteiger partial charge on any atom is -0.275 e. The average molecular weight is 182 g/mol. The molecule has 0 aromatic carbocycles. The Balaban J connectivity index is 2.72. The largest absolute Gasteiger partial charge is 0.275 e. The first-order valence-electron chi connectivity index (χ1n) is 3.73. The van der Waals surface area contributed by atoms with Gasteiger partial charge in [0, 0.05) is 13.3 Å². The van der Waals surface area contributed by atoms with E-state index in [9.17, 15) is 9.59 Å². The predicted octanol–water partition coefficient (Wildman–Crippen LogP) is -0.210. The summed E-state index contributed by atoms with van der Waals surface area (Å²) in [6.07, 6.45) is 4.42. The van der Waals surface area contributed by atoms with Crippen molar-refractivity contribution >= 4 is 18.0 Å². The molecule has 5 heteroatoms. The van der Waals surface area contributed by atoms with Gasteiger partial charge in [-0.05, 0) is 6.08 Å². The average Bonchev–Trinajstić information content (AvgIpc) is 2.16. The zero-order chi connectivity index (χ0) is 9.84. The minimum atomic E-state index is -0.838. The van der Waals surface area contributed by atoms with Crippen molar-refractivity contribution in [1.82, 2.24) is 5.06 Å². The van der Waals surface area contributed by atoms with E-state index in [-0.39, 0.29) is 0 Å². The maximum Gasteiger partial charge on any atom is 0.262 e. The molecular formula is C8H10N2O3. The Kier molecular flexibility index (Phi) is 2.92. The molecule has 1 atom stereocenters. The molecule has 1 rings (SSSR count). The lowest BCUT2D eigenvalue weighted by molar-refractivity contribution is -0.172. The highest BCUT2D eigenvalue weighted by Gasteiger charge is 2.27. The van der Waals surface area contributed by atoms with E-state index in [0.29, 0.717) is 0 Å². The monoisotopic (exact) mass is 182 g/mol. The molecule has 0 saturated heterocycles. The van der Waals surface area contributed by atoms with Crippen LogP contribution in [0, 0.1) is 5.92 Å². The highest BCUT2D eigenvalue weighted by atomic mass is 16.7. The quantitative estimate of drug-likeness (QED) is 0.438. The number of aliphatic imine (C=N–C) groups is 1. The predicted molar refractivity (Wildman–Crippen MR) is 45.9 cm³/mol. The molecule has 1 unspecified atom stereocenters. The summed E-state index contributed by atoms with van der Waals surface area (Å²) in [5, 5.41) is 1.01. The number of amides is 2. The van der Waals surface area contributed by atoms with Gasteiger partial charge in [0.15, 0.2) is 0 Å². The number of rotatable bonds is 2. The van der Waals surface area contributed by atoms with Crippen LogP contribution in [0.3, 0.4) is 0 Å². The van der Waals surface area contributed by atoms with Gasteiger partial charge in [0.2, 0.25) is 0 Å². The molecular weight excluding hydrogens is 172 g/mol. The zero-order valence-electron chi connectivity index (χ0n) is 7.43. The van der Waals surface area contributed by atoms with E-state index in [0.717, 1.165) is 5.06 Å². The van der Waals surface area contributed by atoms with E-state index in [4.69, 9.17) is 0 Å². The van der Waals surface area contributed by atoms with Crippen molar-refractivity contribution < 1.29 is 14.4 Å². The lowest BCUT2D eigenvalue weighted by Crippen LogP contribution is -2.35. The van der Waals surface area contributed by atoms with E-state index in [2.05, 4.69) is 9.83 Å². The van der Waals surface area contributed by atoms with E-state index in [1.54, 1.807) is 6.08 Å². The minimum absolute atomic E-state index is 0.416. The molecule has 1 aliphatic rings. The zero-order valence-corrected chi connectivity index (χ0v) is 7.43. The normalized spacial score (nSPS) is 20.5. The number of dihydropyridines is 1. The highest BCUT2D eigenvalue weighted by molar-refractivity contribution is 6.07. The summed E-state index contributed by atoms with van der Waals surface area (Å²) in [5.74, 6) is -1.72. The summed E-state index contributed by atoms with van der Waals surface area (Å²) < 4.78 is 0. The Morgan fingerprint density at radius 2 is 2.38 bits per heavy atom. The van der Waals surface area contributed by atoms with Crippen molar-refractivity contribution in [3.8, 4) is 0 Å². The van der Waals surface area contributed by atoms with Crippen molar-refractivity contribution in [1.29, 1.82) is 0 Å². The number of allylic oxidation sites excluding steroid dienone is 1. The summed E-state index contributed by atoms with van der Waals surface area (Å²) in [6.45, 7) is 0. The van der Waals surface area contributed by atoms with E-state index in [1.165, 1.54) is 26.4 Å². The Morgan fingerprint density at radius 1 is 1.69 bits per heavy atom. The highest BCUT2D eigenvalue weighted by Crippen LogP contribution is 2.09. The molecule has 0 bridgehead atoms. The molecule has 0 aromatic heterocycles. The van der Waals surface area contributed by atoms with Crippen LogP contribution in [0.2, 0.25) is 0 Å². The first-order chi connectivity index (χ1) is 6.16. The SMILES string of the molecule is CON(C)C(=O)C1C=CC=NC1=O. The van der Waals surface area contributed by atoms with E-state index < -0.39 is 17.7 Å². The summed E-state index contributed by atoms with van der Waals surface area (Å²) in [4.78, 5) is 30.7. The molecule has 0 spiro atoms. The third-order valence-corrected chi connectivity index (χ3v) is 1.71. The molecule has 1 heterocycles. The van der Waals surface area contributed by atoms with Gasteiger partial charge < -0.3 is 0 Å². The first-order valence-corrected chi connectivity index (χ1v) is 3.73. The van der Waals surface area contributed by atoms with Gasteiger partial charge in [-0.3, -0.25) is 14.4 Å². The van der Waals surface area contributed by atoms with Crippen LogP contribution in [0.5, 0.6) is 0 Å². The van der Waals surface area contributed by atoms with Crippen LogP contribution in [-0.4, -0.2) is 37.2 Å². The van der Waals surface area contributed by atoms with E-state index >= 15 is 0 Å². The first kappa shape index (κ1) is 9.60. The molecule has 0 N–H and O–H groups in total. The molecule has 0 aliphatic carbocycles. The summed E-state index contributed by atoms with van der Waals surface area (Å²) in [5.41, 5.74) is 0. The molecule has 0 aromatic rings. The third kappa shape index (κ3) is 2.00. The van der Waals surface area contributed by atoms with Gasteiger partial charge in [-0.2, -0.15) is 0 Å². The fourth-order valence-electron chi connectivity index (χ4n) is 0.914. The van der Waals surface area contributed by atoms with Gasteiger partial charge >= 0.3 is 0 Å².